The summed E-state index contributed by atoms with van der Waals surface area (Å²) in [6.45, 7) is -0.136. The van der Waals surface area contributed by atoms with E-state index in [0.29, 0.717) is 17.5 Å². The van der Waals surface area contributed by atoms with Gasteiger partial charge < -0.3 is 13.7 Å². The summed E-state index contributed by atoms with van der Waals surface area (Å²) < 4.78 is 33.9. The maximum Gasteiger partial charge on any atom is 0.374 e. The van der Waals surface area contributed by atoms with E-state index in [0.717, 1.165) is 17.6 Å². The molecule has 144 valence electrons. The van der Waals surface area contributed by atoms with E-state index in [-0.39, 0.29) is 12.2 Å². The fraction of sp³-hybridized carbons (Fsp3) is 0.167. The molecule has 2 aromatic heterocycles. The molecule has 1 aromatic carbocycles. The van der Waals surface area contributed by atoms with Gasteiger partial charge in [-0.3, -0.25) is 4.79 Å². The summed E-state index contributed by atoms with van der Waals surface area (Å²) in [6, 6.07) is 11.4. The number of nitrogens with two attached hydrogens (primary N) is 1. The predicted molar refractivity (Wildman–Crippen MR) is 96.9 cm³/mol. The highest BCUT2D eigenvalue weighted by atomic mass is 32.2. The number of esters is 1. The summed E-state index contributed by atoms with van der Waals surface area (Å²) >= 11 is 0. The van der Waals surface area contributed by atoms with Crippen molar-refractivity contribution in [2.45, 2.75) is 18.1 Å². The zero-order chi connectivity index (χ0) is 20.3. The number of carbonyl (C=O) groups excluding carboxylic acids is 2. The Morgan fingerprint density at radius 2 is 1.96 bits per heavy atom. The third kappa shape index (κ3) is 3.95. The zero-order valence-electron chi connectivity index (χ0n) is 14.5. The maximum atomic E-state index is 12.5. The number of Topliss-reactive ketones (excluding diaryl/α,β-unsaturated/α-hetero) is 1. The lowest BCUT2D eigenvalue weighted by molar-refractivity contribution is 0.0439. The van der Waals surface area contributed by atoms with Gasteiger partial charge in [-0.1, -0.05) is 18.2 Å². The lowest BCUT2D eigenvalue weighted by atomic mass is 10.1. The molecule has 0 amide bonds. The average Bonchev–Trinajstić information content (AvgIpc) is 3.29. The number of furan rings is 1. The number of benzene rings is 1. The van der Waals surface area contributed by atoms with Crippen molar-refractivity contribution in [2.75, 3.05) is 6.61 Å². The number of rotatable bonds is 7. The fourth-order valence-electron chi connectivity index (χ4n) is 2.69. The lowest BCUT2D eigenvalue weighted by Crippen LogP contribution is -2.14. The van der Waals surface area contributed by atoms with Crippen molar-refractivity contribution < 1.29 is 27.2 Å². The van der Waals surface area contributed by atoms with Gasteiger partial charge in [-0.15, -0.1) is 0 Å². The quantitative estimate of drug-likeness (QED) is 0.469. The third-order valence-corrected chi connectivity index (χ3v) is 4.73. The Kier molecular flexibility index (Phi) is 5.30. The van der Waals surface area contributed by atoms with Gasteiger partial charge in [-0.2, -0.15) is 5.26 Å². The van der Waals surface area contributed by atoms with Crippen molar-refractivity contribution in [3.63, 3.8) is 0 Å². The van der Waals surface area contributed by atoms with Gasteiger partial charge in [0.15, 0.2) is 6.61 Å². The van der Waals surface area contributed by atoms with Gasteiger partial charge in [-0.05, 0) is 18.2 Å². The first-order valence-electron chi connectivity index (χ1n) is 8.09. The Labute approximate surface area is 160 Å². The van der Waals surface area contributed by atoms with Crippen LogP contribution in [0.5, 0.6) is 0 Å². The number of para-hydroxylation sites is 1. The SMILES string of the molecule is N#CCCn1cc(C(=O)COC(=O)c2ccc(S(N)(=O)=O)o2)c2ccccc21. The molecule has 2 N–H and O–H groups in total. The zero-order valence-corrected chi connectivity index (χ0v) is 15.3. The molecule has 0 saturated heterocycles. The molecule has 0 spiro atoms. The summed E-state index contributed by atoms with van der Waals surface area (Å²) in [5.74, 6) is -1.82. The molecule has 0 radical (unpaired) electrons. The van der Waals surface area contributed by atoms with Crippen LogP contribution in [0.25, 0.3) is 10.9 Å². The van der Waals surface area contributed by atoms with Crippen LogP contribution in [0.2, 0.25) is 0 Å². The Morgan fingerprint density at radius 1 is 1.21 bits per heavy atom. The maximum absolute atomic E-state index is 12.5. The minimum Gasteiger partial charge on any atom is -0.451 e. The van der Waals surface area contributed by atoms with Crippen molar-refractivity contribution in [3.8, 4) is 6.07 Å². The number of ketones is 1. The Hall–Kier alpha value is -3.42. The van der Waals surface area contributed by atoms with E-state index in [2.05, 4.69) is 6.07 Å². The number of aryl methyl sites for hydroxylation is 1. The van der Waals surface area contributed by atoms with Gasteiger partial charge in [0.25, 0.3) is 10.0 Å². The van der Waals surface area contributed by atoms with E-state index in [9.17, 15) is 18.0 Å². The highest BCUT2D eigenvalue weighted by Gasteiger charge is 2.21. The van der Waals surface area contributed by atoms with Gasteiger partial charge in [0.2, 0.25) is 16.6 Å². The van der Waals surface area contributed by atoms with Crippen molar-refractivity contribution in [1.29, 1.82) is 5.26 Å². The summed E-state index contributed by atoms with van der Waals surface area (Å²) in [5, 5.41) is 13.8. The minimum absolute atomic E-state index is 0.284. The smallest absolute Gasteiger partial charge is 0.374 e. The number of aromatic nitrogens is 1. The third-order valence-electron chi connectivity index (χ3n) is 3.95. The van der Waals surface area contributed by atoms with E-state index in [1.807, 2.05) is 12.1 Å². The molecule has 9 nitrogen and oxygen atoms in total. The monoisotopic (exact) mass is 401 g/mol. The van der Waals surface area contributed by atoms with E-state index < -0.39 is 33.5 Å². The highest BCUT2D eigenvalue weighted by molar-refractivity contribution is 7.89. The number of ether oxygens (including phenoxy) is 1. The van der Waals surface area contributed by atoms with Crippen molar-refractivity contribution in [1.82, 2.24) is 4.57 Å². The number of sulfonamides is 1. The lowest BCUT2D eigenvalue weighted by Gasteiger charge is -2.02. The number of hydrogen-bond acceptors (Lipinski definition) is 7. The van der Waals surface area contributed by atoms with Crippen LogP contribution >= 0.6 is 0 Å². The van der Waals surface area contributed by atoms with Crippen LogP contribution in [0.3, 0.4) is 0 Å². The molecule has 0 aliphatic heterocycles. The molecule has 0 saturated carbocycles. The van der Waals surface area contributed by atoms with Crippen molar-refractivity contribution >= 4 is 32.7 Å². The minimum atomic E-state index is -4.09. The number of carbonyl (C=O) groups is 2. The van der Waals surface area contributed by atoms with Gasteiger partial charge in [-0.25, -0.2) is 18.4 Å². The summed E-state index contributed by atoms with van der Waals surface area (Å²) in [5.41, 5.74) is 1.14. The number of fused-ring (bicyclic) bond motifs is 1. The van der Waals surface area contributed by atoms with Crippen LogP contribution in [0.1, 0.15) is 27.3 Å². The first kappa shape index (κ1) is 19.3. The highest BCUT2D eigenvalue weighted by Crippen LogP contribution is 2.22. The van der Waals surface area contributed by atoms with Crippen LogP contribution in [-0.4, -0.2) is 31.3 Å². The molecule has 3 rings (SSSR count). The first-order chi connectivity index (χ1) is 13.3. The molecule has 10 heteroatoms. The number of nitriles is 1. The normalized spacial score (nSPS) is 11.3. The molecular formula is C18H15N3O6S. The molecule has 0 fully saturated rings. The van der Waals surface area contributed by atoms with Crippen LogP contribution in [0.15, 0.2) is 52.1 Å². The summed E-state index contributed by atoms with van der Waals surface area (Å²) in [7, 11) is -4.09. The van der Waals surface area contributed by atoms with Crippen LogP contribution in [-0.2, 0) is 21.3 Å². The van der Waals surface area contributed by atoms with Crippen LogP contribution in [0.4, 0.5) is 0 Å². The van der Waals surface area contributed by atoms with Crippen LogP contribution in [0, 0.1) is 11.3 Å². The standard InChI is InChI=1S/C18H15N3O6S/c19-8-3-9-21-10-13(12-4-1-2-5-14(12)21)15(22)11-26-18(23)16-6-7-17(27-16)28(20,24)25/h1-2,4-7,10H,3,9,11H2,(H2,20,24,25). The molecule has 3 aromatic rings. The van der Waals surface area contributed by atoms with Crippen molar-refractivity contribution in [2.24, 2.45) is 5.14 Å². The molecule has 0 unspecified atom stereocenters. The number of nitrogens with zero attached hydrogens (tertiary/aromatic N) is 2. The van der Waals surface area contributed by atoms with Gasteiger partial charge in [0.05, 0.1) is 12.5 Å². The number of hydrogen-bond donors (Lipinski definition) is 1. The molecular weight excluding hydrogens is 386 g/mol. The molecule has 0 bridgehead atoms. The van der Waals surface area contributed by atoms with Crippen LogP contribution < -0.4 is 5.14 Å². The van der Waals surface area contributed by atoms with E-state index in [4.69, 9.17) is 19.6 Å². The molecule has 0 atom stereocenters. The van der Waals surface area contributed by atoms with E-state index >= 15 is 0 Å². The first-order valence-corrected chi connectivity index (χ1v) is 9.63. The fourth-order valence-corrected chi connectivity index (χ4v) is 3.15. The summed E-state index contributed by atoms with van der Waals surface area (Å²) in [4.78, 5) is 24.5. The Balaban J connectivity index is 1.76. The Morgan fingerprint density at radius 3 is 2.64 bits per heavy atom. The van der Waals surface area contributed by atoms with E-state index in [1.54, 1.807) is 22.9 Å². The van der Waals surface area contributed by atoms with Crippen molar-refractivity contribution in [3.05, 3.63) is 53.9 Å². The van der Waals surface area contributed by atoms with Gasteiger partial charge >= 0.3 is 5.97 Å². The second-order valence-electron chi connectivity index (χ2n) is 5.82. The predicted octanol–water partition coefficient (Wildman–Crippen LogP) is 1.84. The molecule has 0 aliphatic carbocycles. The molecule has 0 aliphatic rings. The number of primary sulfonamides is 1. The average molecular weight is 401 g/mol. The topological polar surface area (TPSA) is 145 Å². The molecule has 2 heterocycles. The van der Waals surface area contributed by atoms with E-state index in [1.165, 1.54) is 0 Å². The second-order valence-corrected chi connectivity index (χ2v) is 7.32. The Bertz CT molecular complexity index is 1200. The second kappa shape index (κ2) is 7.67. The molecule has 28 heavy (non-hydrogen) atoms. The van der Waals surface area contributed by atoms with Gasteiger partial charge in [0.1, 0.15) is 0 Å². The van der Waals surface area contributed by atoms with Gasteiger partial charge in [0, 0.05) is 29.2 Å². The largest absolute Gasteiger partial charge is 0.451 e. The summed E-state index contributed by atoms with van der Waals surface area (Å²) in [6.07, 6.45) is 1.90.